The topological polar surface area (TPSA) is 53.1 Å². The van der Waals surface area contributed by atoms with Crippen molar-refractivity contribution in [1.82, 2.24) is 0 Å². The van der Waals surface area contributed by atoms with Gasteiger partial charge in [-0.15, -0.1) is 0 Å². The van der Waals surface area contributed by atoms with Gasteiger partial charge >= 0.3 is 6.18 Å². The molecular formula is C10H11BrF3N3. The smallest absolute Gasteiger partial charge is 0.384 e. The van der Waals surface area contributed by atoms with Gasteiger partial charge in [0.15, 0.2) is 0 Å². The molecule has 0 aliphatic heterocycles. The Morgan fingerprint density at radius 1 is 1.47 bits per heavy atom. The third-order valence-corrected chi connectivity index (χ3v) is 2.57. The Morgan fingerprint density at radius 3 is 2.53 bits per heavy atom. The fourth-order valence-electron chi connectivity index (χ4n) is 1.41. The van der Waals surface area contributed by atoms with E-state index in [1.54, 1.807) is 6.07 Å². The molecular weight excluding hydrogens is 299 g/mol. The maximum Gasteiger partial charge on any atom is 0.405 e. The molecule has 0 heterocycles. The molecule has 7 heteroatoms. The second-order valence-corrected chi connectivity index (χ2v) is 4.46. The molecule has 94 valence electrons. The summed E-state index contributed by atoms with van der Waals surface area (Å²) in [6.45, 7) is -1.09. The van der Waals surface area contributed by atoms with Crippen molar-refractivity contribution in [3.63, 3.8) is 0 Å². The third-order valence-electron chi connectivity index (χ3n) is 2.08. The highest BCUT2D eigenvalue weighted by Crippen LogP contribution is 2.26. The van der Waals surface area contributed by atoms with E-state index in [0.717, 1.165) is 4.90 Å². The zero-order chi connectivity index (χ0) is 13.2. The number of nitrogens with one attached hydrogen (secondary N) is 1. The van der Waals surface area contributed by atoms with Gasteiger partial charge in [-0.2, -0.15) is 13.2 Å². The van der Waals surface area contributed by atoms with Gasteiger partial charge in [0, 0.05) is 22.8 Å². The summed E-state index contributed by atoms with van der Waals surface area (Å²) in [5, 5.41) is 7.35. The van der Waals surface area contributed by atoms with Crippen LogP contribution < -0.4 is 10.6 Å². The van der Waals surface area contributed by atoms with Crippen LogP contribution in [-0.4, -0.2) is 25.6 Å². The highest BCUT2D eigenvalue weighted by atomic mass is 79.9. The molecule has 0 saturated heterocycles. The molecule has 0 spiro atoms. The summed E-state index contributed by atoms with van der Waals surface area (Å²) in [7, 11) is 1.31. The Hall–Kier alpha value is -1.24. The van der Waals surface area contributed by atoms with E-state index in [1.807, 2.05) is 0 Å². The Kier molecular flexibility index (Phi) is 4.03. The van der Waals surface area contributed by atoms with Crippen molar-refractivity contribution >= 4 is 27.5 Å². The van der Waals surface area contributed by atoms with Crippen LogP contribution in [0.5, 0.6) is 0 Å². The predicted molar refractivity (Wildman–Crippen MR) is 64.5 cm³/mol. The number of hydrogen-bond donors (Lipinski definition) is 2. The molecule has 0 amide bonds. The normalized spacial score (nSPS) is 11.4. The summed E-state index contributed by atoms with van der Waals surface area (Å²) in [5.74, 6) is -0.268. The van der Waals surface area contributed by atoms with Crippen LogP contribution in [0.2, 0.25) is 0 Å². The maximum absolute atomic E-state index is 12.3. The molecule has 17 heavy (non-hydrogen) atoms. The largest absolute Gasteiger partial charge is 0.405 e. The number of hydrogen-bond acceptors (Lipinski definition) is 2. The van der Waals surface area contributed by atoms with Crippen LogP contribution in [0.1, 0.15) is 5.56 Å². The van der Waals surface area contributed by atoms with Crippen molar-refractivity contribution in [3.05, 3.63) is 28.2 Å². The second-order valence-electron chi connectivity index (χ2n) is 3.55. The molecule has 1 aromatic carbocycles. The molecule has 3 N–H and O–H groups in total. The van der Waals surface area contributed by atoms with Crippen LogP contribution in [-0.2, 0) is 0 Å². The number of alkyl halides is 3. The zero-order valence-electron chi connectivity index (χ0n) is 8.98. The molecule has 0 radical (unpaired) electrons. The standard InChI is InChI=1S/C10H11BrF3N3/c1-17(5-10(12,13)14)8-3-2-6(11)4-7(8)9(15)16/h2-4H,5H2,1H3,(H3,15,16). The molecule has 0 aliphatic carbocycles. The van der Waals surface area contributed by atoms with E-state index < -0.39 is 12.7 Å². The molecule has 0 fully saturated rings. The highest BCUT2D eigenvalue weighted by Gasteiger charge is 2.30. The van der Waals surface area contributed by atoms with Gasteiger partial charge in [-0.05, 0) is 18.2 Å². The third kappa shape index (κ3) is 3.92. The monoisotopic (exact) mass is 309 g/mol. The predicted octanol–water partition coefficient (Wildman–Crippen LogP) is 2.73. The van der Waals surface area contributed by atoms with Crippen molar-refractivity contribution in [2.24, 2.45) is 5.73 Å². The summed E-state index contributed by atoms with van der Waals surface area (Å²) >= 11 is 3.18. The Bertz CT molecular complexity index is 431. The molecule has 0 unspecified atom stereocenters. The lowest BCUT2D eigenvalue weighted by atomic mass is 10.1. The minimum atomic E-state index is -4.30. The van der Waals surface area contributed by atoms with Gasteiger partial charge in [0.1, 0.15) is 12.4 Å². The maximum atomic E-state index is 12.3. The summed E-state index contributed by atoms with van der Waals surface area (Å²) in [6.07, 6.45) is -4.30. The number of amidine groups is 1. The molecule has 3 nitrogen and oxygen atoms in total. The van der Waals surface area contributed by atoms with Crippen LogP contribution >= 0.6 is 15.9 Å². The highest BCUT2D eigenvalue weighted by molar-refractivity contribution is 9.10. The van der Waals surface area contributed by atoms with Gasteiger partial charge in [0.05, 0.1) is 0 Å². The molecule has 0 aliphatic rings. The van der Waals surface area contributed by atoms with E-state index in [-0.39, 0.29) is 17.1 Å². The van der Waals surface area contributed by atoms with Crippen molar-refractivity contribution in [2.45, 2.75) is 6.18 Å². The molecule has 0 bridgehead atoms. The zero-order valence-corrected chi connectivity index (χ0v) is 10.6. The lowest BCUT2D eigenvalue weighted by molar-refractivity contribution is -0.119. The Labute approximate surface area is 105 Å². The minimum Gasteiger partial charge on any atom is -0.384 e. The Balaban J connectivity index is 3.09. The molecule has 1 aromatic rings. The average molecular weight is 310 g/mol. The van der Waals surface area contributed by atoms with Crippen molar-refractivity contribution in [3.8, 4) is 0 Å². The first-order chi connectivity index (χ1) is 7.70. The number of halogens is 4. The Morgan fingerprint density at radius 2 is 2.06 bits per heavy atom. The van der Waals surface area contributed by atoms with Crippen LogP contribution in [0.3, 0.4) is 0 Å². The lowest BCUT2D eigenvalue weighted by Crippen LogP contribution is -2.32. The van der Waals surface area contributed by atoms with Crippen LogP contribution in [0.25, 0.3) is 0 Å². The van der Waals surface area contributed by atoms with Crippen LogP contribution in [0.4, 0.5) is 18.9 Å². The van der Waals surface area contributed by atoms with Gasteiger partial charge in [0.25, 0.3) is 0 Å². The summed E-state index contributed by atoms with van der Waals surface area (Å²) in [5.41, 5.74) is 5.89. The number of nitrogens with zero attached hydrogens (tertiary/aromatic N) is 1. The molecule has 1 rings (SSSR count). The van der Waals surface area contributed by atoms with E-state index >= 15 is 0 Å². The molecule has 0 atom stereocenters. The van der Waals surface area contributed by atoms with E-state index in [0.29, 0.717) is 4.47 Å². The van der Waals surface area contributed by atoms with Gasteiger partial charge in [-0.25, -0.2) is 0 Å². The quantitative estimate of drug-likeness (QED) is 0.666. The van der Waals surface area contributed by atoms with Gasteiger partial charge < -0.3 is 10.6 Å². The number of anilines is 1. The fraction of sp³-hybridized carbons (Fsp3) is 0.300. The van der Waals surface area contributed by atoms with Gasteiger partial charge in [-0.3, -0.25) is 5.41 Å². The fourth-order valence-corrected chi connectivity index (χ4v) is 1.77. The first-order valence-electron chi connectivity index (χ1n) is 4.62. The minimum absolute atomic E-state index is 0.268. The summed E-state index contributed by atoms with van der Waals surface area (Å²) in [6, 6.07) is 4.62. The average Bonchev–Trinajstić information content (AvgIpc) is 2.14. The number of nitrogen functional groups attached to an aromatic ring is 1. The van der Waals surface area contributed by atoms with E-state index in [9.17, 15) is 13.2 Å². The number of rotatable bonds is 3. The summed E-state index contributed by atoms with van der Waals surface area (Å²) < 4.78 is 37.5. The van der Waals surface area contributed by atoms with E-state index in [2.05, 4.69) is 15.9 Å². The first-order valence-corrected chi connectivity index (χ1v) is 5.42. The second kappa shape index (κ2) is 4.95. The van der Waals surface area contributed by atoms with E-state index in [4.69, 9.17) is 11.1 Å². The summed E-state index contributed by atoms with van der Waals surface area (Å²) in [4.78, 5) is 1.02. The van der Waals surface area contributed by atoms with Gasteiger partial charge in [0.2, 0.25) is 0 Å². The van der Waals surface area contributed by atoms with Crippen molar-refractivity contribution < 1.29 is 13.2 Å². The number of benzene rings is 1. The number of nitrogens with two attached hydrogens (primary N) is 1. The van der Waals surface area contributed by atoms with Crippen molar-refractivity contribution in [1.29, 1.82) is 5.41 Å². The van der Waals surface area contributed by atoms with Gasteiger partial charge in [-0.1, -0.05) is 15.9 Å². The van der Waals surface area contributed by atoms with Crippen molar-refractivity contribution in [2.75, 3.05) is 18.5 Å². The SMILES string of the molecule is CN(CC(F)(F)F)c1ccc(Br)cc1C(=N)N. The molecule has 0 aromatic heterocycles. The van der Waals surface area contributed by atoms with Crippen LogP contribution in [0.15, 0.2) is 22.7 Å². The van der Waals surface area contributed by atoms with Crippen LogP contribution in [0, 0.1) is 5.41 Å². The first kappa shape index (κ1) is 13.8. The molecule has 0 saturated carbocycles. The van der Waals surface area contributed by atoms with E-state index in [1.165, 1.54) is 19.2 Å². The lowest BCUT2D eigenvalue weighted by Gasteiger charge is -2.23.